The fourth-order valence-electron chi connectivity index (χ4n) is 7.55. The largest absolute Gasteiger partial charge is 0.312 e. The Morgan fingerprint density at radius 2 is 1.40 bits per heavy atom. The number of hydrogen-bond donors (Lipinski definition) is 0. The van der Waals surface area contributed by atoms with E-state index in [4.69, 9.17) is 0 Å². The molecule has 0 saturated carbocycles. The van der Waals surface area contributed by atoms with Gasteiger partial charge in [0.1, 0.15) is 0 Å². The molecule has 0 atom stereocenters. The first-order chi connectivity index (χ1) is 23.2. The maximum absolute atomic E-state index is 9.98. The molecule has 0 fully saturated rings. The third-order valence-corrected chi connectivity index (χ3v) is 12.0. The van der Waals surface area contributed by atoms with E-state index in [1.54, 1.807) is 0 Å². The van der Waals surface area contributed by atoms with E-state index in [2.05, 4.69) is 138 Å². The molecule has 0 radical (unpaired) electrons. The quantitative estimate of drug-likeness (QED) is 0.190. The number of allylic oxidation sites excluding steroid dienone is 1. The van der Waals surface area contributed by atoms with Crippen LogP contribution in [-0.4, -0.2) is 4.57 Å². The van der Waals surface area contributed by atoms with Gasteiger partial charge in [0.2, 0.25) is 0 Å². The Morgan fingerprint density at radius 1 is 0.617 bits per heavy atom. The molecule has 3 heterocycles. The zero-order chi connectivity index (χ0) is 31.1. The van der Waals surface area contributed by atoms with Crippen LogP contribution in [0, 0.1) is 11.3 Å². The van der Waals surface area contributed by atoms with Crippen LogP contribution < -0.4 is 0 Å². The summed E-state index contributed by atoms with van der Waals surface area (Å²) in [5.41, 5.74) is 10.3. The molecule has 6 aromatic carbocycles. The molecule has 0 N–H and O–H groups in total. The Balaban J connectivity index is 1.21. The molecule has 0 bridgehead atoms. The van der Waals surface area contributed by atoms with Crippen molar-refractivity contribution in [2.45, 2.75) is 12.8 Å². The lowest BCUT2D eigenvalue weighted by molar-refractivity contribution is 0.889. The number of thiophene rings is 2. The molecule has 1 aliphatic rings. The highest BCUT2D eigenvalue weighted by atomic mass is 32.1. The van der Waals surface area contributed by atoms with Crippen LogP contribution >= 0.6 is 22.7 Å². The van der Waals surface area contributed by atoms with Crippen LogP contribution in [0.2, 0.25) is 0 Å². The molecule has 0 spiro atoms. The monoisotopic (exact) mass is 634 g/mol. The molecule has 4 heteroatoms. The van der Waals surface area contributed by atoms with Gasteiger partial charge in [-0.3, -0.25) is 0 Å². The second kappa shape index (κ2) is 10.3. The average Bonchev–Trinajstić information content (AvgIpc) is 3.80. The molecular weight excluding hydrogens is 609 g/mol. The number of nitriles is 1. The Kier molecular flexibility index (Phi) is 5.84. The van der Waals surface area contributed by atoms with E-state index >= 15 is 0 Å². The van der Waals surface area contributed by atoms with E-state index in [0.717, 1.165) is 24.1 Å². The Morgan fingerprint density at radius 3 is 2.30 bits per heavy atom. The molecule has 0 saturated heterocycles. The second-order valence-electron chi connectivity index (χ2n) is 12.3. The third kappa shape index (κ3) is 4.01. The van der Waals surface area contributed by atoms with Crippen molar-refractivity contribution in [3.05, 3.63) is 144 Å². The number of rotatable bonds is 3. The lowest BCUT2D eigenvalue weighted by Crippen LogP contribution is -2.05. The second-order valence-corrected chi connectivity index (χ2v) is 14.4. The zero-order valence-corrected chi connectivity index (χ0v) is 27.0. The Hall–Kier alpha value is -5.47. The molecule has 10 rings (SSSR count). The fraction of sp³-hybridized carbons (Fsp3) is 0.0465. The van der Waals surface area contributed by atoms with Crippen LogP contribution in [0.4, 0.5) is 0 Å². The van der Waals surface area contributed by atoms with Crippen molar-refractivity contribution in [3.63, 3.8) is 0 Å². The molecule has 9 aromatic rings. The van der Waals surface area contributed by atoms with Crippen LogP contribution in [0.25, 0.3) is 85.3 Å². The number of fused-ring (bicyclic) bond motifs is 10. The molecule has 0 aliphatic heterocycles. The van der Waals surface area contributed by atoms with Crippen molar-refractivity contribution in [3.8, 4) is 34.0 Å². The molecule has 1 aliphatic carbocycles. The van der Waals surface area contributed by atoms with Crippen molar-refractivity contribution in [1.29, 1.82) is 5.26 Å². The van der Waals surface area contributed by atoms with Crippen molar-refractivity contribution in [1.82, 2.24) is 4.57 Å². The van der Waals surface area contributed by atoms with Gasteiger partial charge in [0, 0.05) is 62.6 Å². The molecule has 220 valence electrons. The van der Waals surface area contributed by atoms with E-state index in [1.807, 2.05) is 28.7 Å². The Bertz CT molecular complexity index is 2800. The van der Waals surface area contributed by atoms with Gasteiger partial charge in [-0.15, -0.1) is 22.7 Å². The molecule has 3 aromatic heterocycles. The average molecular weight is 635 g/mol. The van der Waals surface area contributed by atoms with Gasteiger partial charge in [-0.25, -0.2) is 0 Å². The maximum atomic E-state index is 9.98. The minimum absolute atomic E-state index is 0.672. The maximum Gasteiger partial charge on any atom is 0.0992 e. The van der Waals surface area contributed by atoms with Gasteiger partial charge >= 0.3 is 0 Å². The van der Waals surface area contributed by atoms with Crippen LogP contribution in [0.15, 0.2) is 127 Å². The first kappa shape index (κ1) is 26.7. The topological polar surface area (TPSA) is 28.7 Å². The summed E-state index contributed by atoms with van der Waals surface area (Å²) in [4.78, 5) is 0. The number of aromatic nitrogens is 1. The summed E-state index contributed by atoms with van der Waals surface area (Å²) in [6.07, 6.45) is 6.54. The minimum atomic E-state index is 0.672. The highest BCUT2D eigenvalue weighted by molar-refractivity contribution is 7.29. The van der Waals surface area contributed by atoms with Crippen LogP contribution in [0.3, 0.4) is 0 Å². The van der Waals surface area contributed by atoms with Gasteiger partial charge in [0.15, 0.2) is 0 Å². The van der Waals surface area contributed by atoms with E-state index < -0.39 is 0 Å². The van der Waals surface area contributed by atoms with Crippen molar-refractivity contribution >= 4 is 80.0 Å². The molecule has 2 nitrogen and oxygen atoms in total. The number of nitrogens with zero attached hydrogens (tertiary/aromatic N) is 2. The van der Waals surface area contributed by atoms with Crippen molar-refractivity contribution < 1.29 is 0 Å². The highest BCUT2D eigenvalue weighted by Crippen LogP contribution is 2.46. The zero-order valence-electron chi connectivity index (χ0n) is 25.3. The lowest BCUT2D eigenvalue weighted by atomic mass is 9.98. The number of hydrogen-bond acceptors (Lipinski definition) is 3. The van der Waals surface area contributed by atoms with Crippen molar-refractivity contribution in [2.24, 2.45) is 0 Å². The van der Waals surface area contributed by atoms with Gasteiger partial charge < -0.3 is 4.57 Å². The van der Waals surface area contributed by atoms with Gasteiger partial charge in [-0.2, -0.15) is 5.26 Å². The van der Waals surface area contributed by atoms with Gasteiger partial charge in [-0.05, 0) is 78.1 Å². The van der Waals surface area contributed by atoms with E-state index in [1.165, 1.54) is 79.2 Å². The first-order valence-corrected chi connectivity index (χ1v) is 17.6. The summed E-state index contributed by atoms with van der Waals surface area (Å²) in [5.74, 6) is 0. The summed E-state index contributed by atoms with van der Waals surface area (Å²) < 4.78 is 7.69. The highest BCUT2D eigenvalue weighted by Gasteiger charge is 2.22. The summed E-state index contributed by atoms with van der Waals surface area (Å²) in [6.45, 7) is 0. The van der Waals surface area contributed by atoms with Gasteiger partial charge in [-0.1, -0.05) is 84.9 Å². The summed E-state index contributed by atoms with van der Waals surface area (Å²) in [5, 5.41) is 16.5. The fourth-order valence-corrected chi connectivity index (χ4v) is 9.95. The molecular formula is C43H26N2S2. The lowest BCUT2D eigenvalue weighted by Gasteiger charge is -2.18. The Labute approximate surface area is 279 Å². The van der Waals surface area contributed by atoms with Crippen LogP contribution in [-0.2, 0) is 6.42 Å². The van der Waals surface area contributed by atoms with Gasteiger partial charge in [0.25, 0.3) is 0 Å². The normalized spacial score (nSPS) is 12.8. The minimum Gasteiger partial charge on any atom is -0.312 e. The van der Waals surface area contributed by atoms with E-state index in [-0.39, 0.29) is 0 Å². The summed E-state index contributed by atoms with van der Waals surface area (Å²) in [6, 6.07) is 46.3. The van der Waals surface area contributed by atoms with Gasteiger partial charge in [0.05, 0.1) is 22.8 Å². The van der Waals surface area contributed by atoms with Crippen molar-refractivity contribution in [2.75, 3.05) is 0 Å². The standard InChI is InChI=1S/C43H26N2S2/c44-25-26-14-17-30(38(22-26)45-36-12-6-4-10-31(36)32-11-5-7-13-37(32)45)29-16-20-40-35(24-29)42-41(46-40)21-18-33-34-23-28(27-8-2-1-3-9-27)15-19-39(34)47-43(33)42/h1-6,8-12,14-24H,7,13H2. The SMILES string of the molecule is N#Cc1ccc(-c2ccc3sc4ccc5c6cc(-c7ccccc7)ccc6sc5c4c3c2)c(-n2c3c(c4ccccc42)C=CCC3)c1. The summed E-state index contributed by atoms with van der Waals surface area (Å²) in [7, 11) is 0. The van der Waals surface area contributed by atoms with E-state index in [0.29, 0.717) is 5.56 Å². The summed E-state index contributed by atoms with van der Waals surface area (Å²) >= 11 is 3.77. The smallest absolute Gasteiger partial charge is 0.0992 e. The first-order valence-electron chi connectivity index (χ1n) is 16.0. The number of para-hydroxylation sites is 1. The third-order valence-electron chi connectivity index (χ3n) is 9.70. The molecule has 47 heavy (non-hydrogen) atoms. The molecule has 0 unspecified atom stereocenters. The van der Waals surface area contributed by atoms with E-state index in [9.17, 15) is 5.26 Å². The van der Waals surface area contributed by atoms with Crippen LogP contribution in [0.1, 0.15) is 23.2 Å². The predicted octanol–water partition coefficient (Wildman–Crippen LogP) is 12.5. The molecule has 0 amide bonds. The predicted molar refractivity (Wildman–Crippen MR) is 202 cm³/mol. The van der Waals surface area contributed by atoms with Crippen LogP contribution in [0.5, 0.6) is 0 Å². The number of benzene rings is 6.